The monoisotopic (exact) mass is 112 g/mol. The van der Waals surface area contributed by atoms with Crippen molar-refractivity contribution in [1.82, 2.24) is 10.6 Å². The second-order valence-electron chi connectivity index (χ2n) is 2.24. The van der Waals surface area contributed by atoms with Crippen molar-refractivity contribution in [1.29, 1.82) is 0 Å². The first-order chi connectivity index (χ1) is 3.80. The second-order valence-corrected chi connectivity index (χ2v) is 2.24. The Kier molecular flexibility index (Phi) is 1.42. The zero-order valence-corrected chi connectivity index (χ0v) is 5.31. The molecule has 0 aromatic carbocycles. The van der Waals surface area contributed by atoms with Crippen LogP contribution in [0.1, 0.15) is 13.8 Å². The molecular formula is C6H12N2. The molecule has 2 nitrogen and oxygen atoms in total. The lowest BCUT2D eigenvalue weighted by Crippen LogP contribution is -2.43. The standard InChI is InChI=1S/C6H12N2/c1-5-6(2)8-4-3-7-5/h3-8H,1-2H3. The van der Waals surface area contributed by atoms with Crippen molar-refractivity contribution in [3.8, 4) is 0 Å². The van der Waals surface area contributed by atoms with Crippen LogP contribution >= 0.6 is 0 Å². The molecule has 2 N–H and O–H groups in total. The first-order valence-electron chi connectivity index (χ1n) is 2.98. The molecule has 0 aromatic heterocycles. The van der Waals surface area contributed by atoms with Gasteiger partial charge in [-0.1, -0.05) is 0 Å². The maximum absolute atomic E-state index is 3.19. The lowest BCUT2D eigenvalue weighted by atomic mass is 10.1. The third kappa shape index (κ3) is 0.941. The van der Waals surface area contributed by atoms with Crippen LogP contribution in [0.5, 0.6) is 0 Å². The lowest BCUT2D eigenvalue weighted by Gasteiger charge is -2.24. The number of hydrogen-bond donors (Lipinski definition) is 2. The van der Waals surface area contributed by atoms with E-state index in [4.69, 9.17) is 0 Å². The fourth-order valence-corrected chi connectivity index (χ4v) is 0.688. The summed E-state index contributed by atoms with van der Waals surface area (Å²) in [5.41, 5.74) is 0. The minimum atomic E-state index is 0.556. The molecule has 1 aliphatic heterocycles. The maximum Gasteiger partial charge on any atom is 0.0426 e. The molecule has 0 radical (unpaired) electrons. The molecule has 0 spiro atoms. The third-order valence-electron chi connectivity index (χ3n) is 1.55. The average Bonchev–Trinajstić information content (AvgIpc) is 1.77. The summed E-state index contributed by atoms with van der Waals surface area (Å²) in [5.74, 6) is 0. The van der Waals surface area contributed by atoms with Gasteiger partial charge in [0.2, 0.25) is 0 Å². The van der Waals surface area contributed by atoms with E-state index in [-0.39, 0.29) is 0 Å². The molecule has 0 bridgehead atoms. The van der Waals surface area contributed by atoms with Crippen LogP contribution in [0, 0.1) is 0 Å². The molecule has 8 heavy (non-hydrogen) atoms. The Morgan fingerprint density at radius 3 is 1.62 bits per heavy atom. The third-order valence-corrected chi connectivity index (χ3v) is 1.55. The van der Waals surface area contributed by atoms with Gasteiger partial charge in [0.15, 0.2) is 0 Å². The largest absolute Gasteiger partial charge is 0.385 e. The number of nitrogens with one attached hydrogen (secondary N) is 2. The predicted octanol–water partition coefficient (Wildman–Crippen LogP) is 0.427. The number of rotatable bonds is 0. The van der Waals surface area contributed by atoms with Gasteiger partial charge in [0.1, 0.15) is 0 Å². The highest BCUT2D eigenvalue weighted by Gasteiger charge is 2.09. The topological polar surface area (TPSA) is 24.1 Å². The van der Waals surface area contributed by atoms with E-state index in [0.29, 0.717) is 12.1 Å². The minimum absolute atomic E-state index is 0.556. The van der Waals surface area contributed by atoms with E-state index < -0.39 is 0 Å². The van der Waals surface area contributed by atoms with E-state index in [1.54, 1.807) is 0 Å². The highest BCUT2D eigenvalue weighted by molar-refractivity contribution is 4.92. The van der Waals surface area contributed by atoms with Crippen LogP contribution in [-0.4, -0.2) is 12.1 Å². The van der Waals surface area contributed by atoms with Crippen molar-refractivity contribution in [2.45, 2.75) is 25.9 Å². The van der Waals surface area contributed by atoms with Gasteiger partial charge in [0.05, 0.1) is 0 Å². The summed E-state index contributed by atoms with van der Waals surface area (Å²) in [7, 11) is 0. The molecule has 0 amide bonds. The Morgan fingerprint density at radius 1 is 1.00 bits per heavy atom. The normalized spacial score (nSPS) is 35.8. The highest BCUT2D eigenvalue weighted by Crippen LogP contribution is 1.94. The lowest BCUT2D eigenvalue weighted by molar-refractivity contribution is 0.463. The van der Waals surface area contributed by atoms with Crippen molar-refractivity contribution >= 4 is 0 Å². The molecule has 0 aromatic rings. The van der Waals surface area contributed by atoms with Gasteiger partial charge in [-0.3, -0.25) is 0 Å². The van der Waals surface area contributed by atoms with Gasteiger partial charge in [0.25, 0.3) is 0 Å². The highest BCUT2D eigenvalue weighted by atomic mass is 15.0. The Hall–Kier alpha value is -0.660. The van der Waals surface area contributed by atoms with Crippen LogP contribution in [0.4, 0.5) is 0 Å². The van der Waals surface area contributed by atoms with E-state index in [0.717, 1.165) is 0 Å². The summed E-state index contributed by atoms with van der Waals surface area (Å²) in [6.07, 6.45) is 3.87. The summed E-state index contributed by atoms with van der Waals surface area (Å²) in [6.45, 7) is 4.31. The quantitative estimate of drug-likeness (QED) is 0.475. The molecule has 2 heteroatoms. The molecule has 0 saturated carbocycles. The van der Waals surface area contributed by atoms with Crippen LogP contribution in [-0.2, 0) is 0 Å². The van der Waals surface area contributed by atoms with Crippen LogP contribution in [0.15, 0.2) is 12.4 Å². The zero-order chi connectivity index (χ0) is 5.98. The molecule has 1 heterocycles. The van der Waals surface area contributed by atoms with E-state index >= 15 is 0 Å². The molecule has 2 unspecified atom stereocenters. The van der Waals surface area contributed by atoms with Gasteiger partial charge < -0.3 is 10.6 Å². The fourth-order valence-electron chi connectivity index (χ4n) is 0.688. The summed E-state index contributed by atoms with van der Waals surface area (Å²) >= 11 is 0. The molecule has 1 rings (SSSR count). The first kappa shape index (κ1) is 5.48. The van der Waals surface area contributed by atoms with Crippen LogP contribution in [0.2, 0.25) is 0 Å². The molecule has 46 valence electrons. The van der Waals surface area contributed by atoms with Crippen molar-refractivity contribution in [2.75, 3.05) is 0 Å². The first-order valence-corrected chi connectivity index (χ1v) is 2.98. The van der Waals surface area contributed by atoms with Gasteiger partial charge in [-0.05, 0) is 13.8 Å². The van der Waals surface area contributed by atoms with E-state index in [9.17, 15) is 0 Å². The summed E-state index contributed by atoms with van der Waals surface area (Å²) in [5, 5.41) is 6.38. The smallest absolute Gasteiger partial charge is 0.0426 e. The van der Waals surface area contributed by atoms with Crippen LogP contribution < -0.4 is 10.6 Å². The summed E-state index contributed by atoms with van der Waals surface area (Å²) in [6, 6.07) is 1.11. The van der Waals surface area contributed by atoms with Crippen molar-refractivity contribution in [3.63, 3.8) is 0 Å². The van der Waals surface area contributed by atoms with Crippen LogP contribution in [0.25, 0.3) is 0 Å². The van der Waals surface area contributed by atoms with Gasteiger partial charge in [-0.2, -0.15) is 0 Å². The number of hydrogen-bond acceptors (Lipinski definition) is 2. The Morgan fingerprint density at radius 2 is 1.38 bits per heavy atom. The molecular weight excluding hydrogens is 100 g/mol. The van der Waals surface area contributed by atoms with E-state index in [2.05, 4.69) is 24.5 Å². The molecule has 2 atom stereocenters. The Labute approximate surface area is 50.0 Å². The molecule has 1 aliphatic rings. The van der Waals surface area contributed by atoms with Gasteiger partial charge in [0, 0.05) is 24.5 Å². The van der Waals surface area contributed by atoms with Crippen molar-refractivity contribution in [3.05, 3.63) is 12.4 Å². The van der Waals surface area contributed by atoms with Gasteiger partial charge in [-0.25, -0.2) is 0 Å². The van der Waals surface area contributed by atoms with E-state index in [1.807, 2.05) is 12.4 Å². The Balaban J connectivity index is 2.44. The van der Waals surface area contributed by atoms with E-state index in [1.165, 1.54) is 0 Å². The van der Waals surface area contributed by atoms with Crippen molar-refractivity contribution in [2.24, 2.45) is 0 Å². The predicted molar refractivity (Wildman–Crippen MR) is 34.3 cm³/mol. The summed E-state index contributed by atoms with van der Waals surface area (Å²) in [4.78, 5) is 0. The van der Waals surface area contributed by atoms with Crippen LogP contribution in [0.3, 0.4) is 0 Å². The minimum Gasteiger partial charge on any atom is -0.385 e. The maximum atomic E-state index is 3.19. The SMILES string of the molecule is CC1NC=CNC1C. The Bertz CT molecular complexity index is 86.7. The fraction of sp³-hybridized carbons (Fsp3) is 0.667. The average molecular weight is 112 g/mol. The van der Waals surface area contributed by atoms with Gasteiger partial charge >= 0.3 is 0 Å². The molecule has 0 aliphatic carbocycles. The van der Waals surface area contributed by atoms with Crippen molar-refractivity contribution < 1.29 is 0 Å². The second kappa shape index (κ2) is 2.07. The zero-order valence-electron chi connectivity index (χ0n) is 5.31. The molecule has 0 fully saturated rings. The molecule has 0 saturated heterocycles. The van der Waals surface area contributed by atoms with Gasteiger partial charge in [-0.15, -0.1) is 0 Å². The summed E-state index contributed by atoms with van der Waals surface area (Å²) < 4.78 is 0.